The average Bonchev–Trinajstić information content (AvgIpc) is 3.30. The maximum absolute atomic E-state index is 13.7. The largest absolute Gasteiger partial charge is 0.342 e. The molecule has 0 fully saturated rings. The minimum atomic E-state index is -1.01. The number of benzene rings is 3. The number of carbonyl (C=O) groups excluding carboxylic acids is 2. The summed E-state index contributed by atoms with van der Waals surface area (Å²) in [5, 5.41) is 6.60. The van der Waals surface area contributed by atoms with Gasteiger partial charge in [0.2, 0.25) is 5.95 Å². The van der Waals surface area contributed by atoms with Crippen LogP contribution in [0.4, 0.5) is 20.4 Å². The van der Waals surface area contributed by atoms with Crippen LogP contribution in [0.2, 0.25) is 0 Å². The molecule has 0 radical (unpaired) electrons. The summed E-state index contributed by atoms with van der Waals surface area (Å²) >= 11 is 0. The topological polar surface area (TPSA) is 117 Å². The summed E-state index contributed by atoms with van der Waals surface area (Å²) in [7, 11) is 7.44. The van der Waals surface area contributed by atoms with Crippen molar-refractivity contribution < 1.29 is 18.4 Å². The number of fused-ring (bicyclic) bond motifs is 1. The van der Waals surface area contributed by atoms with E-state index in [-0.39, 0.29) is 24.6 Å². The summed E-state index contributed by atoms with van der Waals surface area (Å²) in [6, 6.07) is 16.1. The van der Waals surface area contributed by atoms with Crippen molar-refractivity contribution >= 4 is 34.4 Å². The zero-order chi connectivity index (χ0) is 35.9. The van der Waals surface area contributed by atoms with Crippen LogP contribution >= 0.6 is 0 Å². The molecule has 0 unspecified atom stereocenters. The lowest BCUT2D eigenvalue weighted by Gasteiger charge is -2.18. The quantitative estimate of drug-likeness (QED) is 0.200. The number of nitrogens with one attached hydrogen (secondary N) is 2. The molecule has 0 bridgehead atoms. The highest BCUT2D eigenvalue weighted by Crippen LogP contribution is 2.19. The molecule has 0 atom stereocenters. The van der Waals surface area contributed by atoms with Gasteiger partial charge < -0.3 is 20.4 Å². The normalized spacial score (nSPS) is 11.0. The Kier molecular flexibility index (Phi) is 11.0. The SMILES string of the molecule is Cc1c(C(=O)NCC#Cc2ccc3nc(Nc4ccc(C(=O)N(C)CCCN(C)C)cc4)ncc3c2)c(=O)n(Cc2ccc(F)c(F)c2)n1C. The lowest BCUT2D eigenvalue weighted by atomic mass is 10.1. The van der Waals surface area contributed by atoms with Crippen LogP contribution < -0.4 is 16.2 Å². The van der Waals surface area contributed by atoms with Gasteiger partial charge in [-0.1, -0.05) is 17.9 Å². The van der Waals surface area contributed by atoms with E-state index in [0.29, 0.717) is 40.4 Å². The first-order valence-corrected chi connectivity index (χ1v) is 15.9. The molecule has 2 N–H and O–H groups in total. The standard InChI is InChI=1S/C37H38F2N8O3/c1-24-33(36(50)47(46(24)5)23-26-9-15-30(38)31(39)21-26)34(48)40-17-6-8-25-10-16-32-28(20-25)22-41-37(43-32)42-29-13-11-27(12-14-29)35(49)45(4)19-7-18-44(2)3/h9-16,20-22H,7,17-19,23H2,1-5H3,(H,40,48)(H,41,42,43). The van der Waals surface area contributed by atoms with Crippen LogP contribution in [0.15, 0.2) is 71.7 Å². The van der Waals surface area contributed by atoms with E-state index >= 15 is 0 Å². The monoisotopic (exact) mass is 680 g/mol. The van der Waals surface area contributed by atoms with E-state index in [4.69, 9.17) is 0 Å². The molecule has 5 rings (SSSR count). The summed E-state index contributed by atoms with van der Waals surface area (Å²) in [5.74, 6) is 3.69. The maximum atomic E-state index is 13.7. The molecule has 0 saturated carbocycles. The molecule has 13 heteroatoms. The van der Waals surface area contributed by atoms with Crippen LogP contribution in [0.25, 0.3) is 10.9 Å². The summed E-state index contributed by atoms with van der Waals surface area (Å²) in [6.45, 7) is 3.18. The van der Waals surface area contributed by atoms with Crippen molar-refractivity contribution in [3.8, 4) is 11.8 Å². The fourth-order valence-corrected chi connectivity index (χ4v) is 5.31. The number of amides is 2. The van der Waals surface area contributed by atoms with E-state index in [9.17, 15) is 23.2 Å². The first-order valence-electron chi connectivity index (χ1n) is 15.9. The number of halogens is 2. The molecular formula is C37H38F2N8O3. The van der Waals surface area contributed by atoms with Gasteiger partial charge in [0.15, 0.2) is 11.6 Å². The van der Waals surface area contributed by atoms with Crippen LogP contribution in [0.3, 0.4) is 0 Å². The van der Waals surface area contributed by atoms with Gasteiger partial charge in [-0.3, -0.25) is 19.1 Å². The molecule has 0 aliphatic rings. The van der Waals surface area contributed by atoms with Gasteiger partial charge in [-0.05, 0) is 94.1 Å². The van der Waals surface area contributed by atoms with Gasteiger partial charge in [0.05, 0.1) is 18.6 Å². The number of carbonyl (C=O) groups is 2. The Bertz CT molecular complexity index is 2160. The second-order valence-electron chi connectivity index (χ2n) is 12.1. The molecular weight excluding hydrogens is 642 g/mol. The van der Waals surface area contributed by atoms with Gasteiger partial charge in [-0.15, -0.1) is 0 Å². The molecule has 0 spiro atoms. The van der Waals surface area contributed by atoms with Gasteiger partial charge in [0.25, 0.3) is 17.4 Å². The third-order valence-electron chi connectivity index (χ3n) is 8.18. The van der Waals surface area contributed by atoms with E-state index in [2.05, 4.69) is 37.3 Å². The van der Waals surface area contributed by atoms with E-state index in [0.717, 1.165) is 36.2 Å². The van der Waals surface area contributed by atoms with E-state index < -0.39 is 23.1 Å². The Hall–Kier alpha value is -5.87. The molecule has 2 heterocycles. The predicted octanol–water partition coefficient (Wildman–Crippen LogP) is 4.31. The molecule has 258 valence electrons. The van der Waals surface area contributed by atoms with Crippen LogP contribution in [-0.2, 0) is 13.6 Å². The van der Waals surface area contributed by atoms with Gasteiger partial charge in [0.1, 0.15) is 5.56 Å². The predicted molar refractivity (Wildman–Crippen MR) is 188 cm³/mol. The van der Waals surface area contributed by atoms with Crippen molar-refractivity contribution in [2.24, 2.45) is 7.05 Å². The number of hydrogen-bond acceptors (Lipinski definition) is 7. The van der Waals surface area contributed by atoms with Crippen LogP contribution in [-0.4, -0.2) is 81.7 Å². The second kappa shape index (κ2) is 15.6. The Morgan fingerprint density at radius 1 is 0.960 bits per heavy atom. The molecule has 0 saturated heterocycles. The van der Waals surface area contributed by atoms with Gasteiger partial charge in [-0.25, -0.2) is 23.4 Å². The summed E-state index contributed by atoms with van der Waals surface area (Å²) in [5.41, 5.74) is 2.94. The van der Waals surface area contributed by atoms with E-state index in [1.54, 1.807) is 44.2 Å². The number of rotatable bonds is 11. The molecule has 2 aromatic heterocycles. The maximum Gasteiger partial charge on any atom is 0.280 e. The zero-order valence-electron chi connectivity index (χ0n) is 28.6. The van der Waals surface area contributed by atoms with Crippen LogP contribution in [0.5, 0.6) is 0 Å². The van der Waals surface area contributed by atoms with E-state index in [1.807, 2.05) is 44.4 Å². The first kappa shape index (κ1) is 35.4. The van der Waals surface area contributed by atoms with Gasteiger partial charge in [-0.2, -0.15) is 0 Å². The first-order chi connectivity index (χ1) is 23.9. The van der Waals surface area contributed by atoms with Crippen molar-refractivity contribution in [3.63, 3.8) is 0 Å². The zero-order valence-corrected chi connectivity index (χ0v) is 28.6. The fraction of sp³-hybridized carbons (Fsp3) is 0.270. The van der Waals surface area contributed by atoms with Crippen molar-refractivity contribution in [2.45, 2.75) is 19.9 Å². The Morgan fingerprint density at radius 2 is 1.72 bits per heavy atom. The third kappa shape index (κ3) is 8.40. The smallest absolute Gasteiger partial charge is 0.280 e. The van der Waals surface area contributed by atoms with Crippen LogP contribution in [0.1, 0.15) is 44.0 Å². The average molecular weight is 681 g/mol. The third-order valence-corrected chi connectivity index (χ3v) is 8.18. The molecule has 2 amide bonds. The lowest BCUT2D eigenvalue weighted by molar-refractivity contribution is 0.0790. The molecule has 0 aliphatic heterocycles. The minimum Gasteiger partial charge on any atom is -0.342 e. The Labute approximate surface area is 288 Å². The highest BCUT2D eigenvalue weighted by atomic mass is 19.2. The molecule has 3 aromatic carbocycles. The number of hydrogen-bond donors (Lipinski definition) is 2. The minimum absolute atomic E-state index is 0.00962. The number of anilines is 2. The highest BCUT2D eigenvalue weighted by molar-refractivity contribution is 5.95. The summed E-state index contributed by atoms with van der Waals surface area (Å²) < 4.78 is 29.8. The van der Waals surface area contributed by atoms with Crippen LogP contribution in [0, 0.1) is 30.4 Å². The van der Waals surface area contributed by atoms with Crippen molar-refractivity contribution in [1.29, 1.82) is 0 Å². The number of nitrogens with zero attached hydrogens (tertiary/aromatic N) is 6. The van der Waals surface area contributed by atoms with Crippen molar-refractivity contribution in [3.05, 3.63) is 117 Å². The highest BCUT2D eigenvalue weighted by Gasteiger charge is 2.21. The molecule has 11 nitrogen and oxygen atoms in total. The molecule has 50 heavy (non-hydrogen) atoms. The van der Waals surface area contributed by atoms with E-state index in [1.165, 1.54) is 15.4 Å². The second-order valence-corrected chi connectivity index (χ2v) is 12.1. The Balaban J connectivity index is 1.17. The molecule has 0 aliphatic carbocycles. The lowest BCUT2D eigenvalue weighted by Crippen LogP contribution is -2.31. The number of aromatic nitrogens is 4. The van der Waals surface area contributed by atoms with Crippen molar-refractivity contribution in [1.82, 2.24) is 34.4 Å². The van der Waals surface area contributed by atoms with Crippen molar-refractivity contribution in [2.75, 3.05) is 46.1 Å². The summed E-state index contributed by atoms with van der Waals surface area (Å²) in [6.07, 6.45) is 2.58. The summed E-state index contributed by atoms with van der Waals surface area (Å²) in [4.78, 5) is 51.5. The molecule has 5 aromatic rings. The fourth-order valence-electron chi connectivity index (χ4n) is 5.31. The Morgan fingerprint density at radius 3 is 2.44 bits per heavy atom. The van der Waals surface area contributed by atoms with Gasteiger partial charge in [0, 0.05) is 54.7 Å². The van der Waals surface area contributed by atoms with Gasteiger partial charge >= 0.3 is 0 Å².